The number of sulfone groups is 1. The highest BCUT2D eigenvalue weighted by Gasteiger charge is 2.32. The Labute approximate surface area is 128 Å². The number of thiophene rings is 1. The van der Waals surface area contributed by atoms with Crippen molar-refractivity contribution in [2.45, 2.75) is 24.3 Å². The lowest BCUT2D eigenvalue weighted by Crippen LogP contribution is -2.26. The van der Waals surface area contributed by atoms with Gasteiger partial charge >= 0.3 is 0 Å². The minimum absolute atomic E-state index is 0.00801. The first-order chi connectivity index (χ1) is 9.75. The molecule has 1 aromatic rings. The number of nitrogens with one attached hydrogen (secondary N) is 1. The van der Waals surface area contributed by atoms with Crippen molar-refractivity contribution in [3.63, 3.8) is 0 Å². The van der Waals surface area contributed by atoms with Gasteiger partial charge in [-0.3, -0.25) is 4.79 Å². The van der Waals surface area contributed by atoms with Crippen LogP contribution in [-0.2, 0) is 9.84 Å². The van der Waals surface area contributed by atoms with Crippen LogP contribution in [0.5, 0.6) is 0 Å². The van der Waals surface area contributed by atoms with Crippen LogP contribution in [0.4, 0.5) is 10.7 Å². The number of rotatable bonds is 4. The van der Waals surface area contributed by atoms with Gasteiger partial charge in [-0.2, -0.15) is 0 Å². The van der Waals surface area contributed by atoms with E-state index in [0.717, 1.165) is 24.0 Å². The van der Waals surface area contributed by atoms with E-state index in [9.17, 15) is 13.2 Å². The van der Waals surface area contributed by atoms with Crippen molar-refractivity contribution >= 4 is 37.8 Å². The summed E-state index contributed by atoms with van der Waals surface area (Å²) in [6, 6.07) is 0.00801. The van der Waals surface area contributed by atoms with Crippen molar-refractivity contribution in [1.29, 1.82) is 0 Å². The van der Waals surface area contributed by atoms with E-state index in [1.807, 2.05) is 4.90 Å². The van der Waals surface area contributed by atoms with Gasteiger partial charge in [0.05, 0.1) is 5.69 Å². The smallest absolute Gasteiger partial charge is 0.263 e. The average Bonchev–Trinajstić information content (AvgIpc) is 2.92. The topological polar surface area (TPSA) is 119 Å². The number of amides is 1. The van der Waals surface area contributed by atoms with Crippen molar-refractivity contribution in [3.8, 4) is 0 Å². The number of hydrogen-bond acceptors (Lipinski definition) is 7. The molecule has 9 heteroatoms. The van der Waals surface area contributed by atoms with Gasteiger partial charge in [0.1, 0.15) is 14.8 Å². The van der Waals surface area contributed by atoms with Crippen molar-refractivity contribution in [2.75, 3.05) is 36.5 Å². The van der Waals surface area contributed by atoms with Crippen LogP contribution in [0.2, 0.25) is 0 Å². The summed E-state index contributed by atoms with van der Waals surface area (Å²) in [5.74, 6) is -0.348. The summed E-state index contributed by atoms with van der Waals surface area (Å²) in [6.07, 6.45) is 1.89. The summed E-state index contributed by atoms with van der Waals surface area (Å²) in [5.41, 5.74) is 11.8. The van der Waals surface area contributed by atoms with Crippen LogP contribution in [-0.4, -0.2) is 46.3 Å². The zero-order chi connectivity index (χ0) is 15.8. The number of nitrogens with zero attached hydrogens (tertiary/aromatic N) is 1. The maximum atomic E-state index is 12.0. The molecule has 21 heavy (non-hydrogen) atoms. The number of carbonyl (C=O) groups excluding carboxylic acids is 1. The van der Waals surface area contributed by atoms with Gasteiger partial charge in [-0.1, -0.05) is 0 Å². The van der Waals surface area contributed by atoms with Crippen LogP contribution in [0.1, 0.15) is 23.0 Å². The SMILES string of the molecule is CCNC(=O)c1sc(N2CCC(N)C2)c(S(C)(=O)=O)c1N. The lowest BCUT2D eigenvalue weighted by molar-refractivity contribution is 0.0960. The zero-order valence-electron chi connectivity index (χ0n) is 12.0. The predicted octanol–water partition coefficient (Wildman–Crippen LogP) is 0.0209. The summed E-state index contributed by atoms with van der Waals surface area (Å²) >= 11 is 1.11. The highest BCUT2D eigenvalue weighted by molar-refractivity contribution is 7.91. The fraction of sp³-hybridized carbons (Fsp3) is 0.583. The van der Waals surface area contributed by atoms with E-state index >= 15 is 0 Å². The first kappa shape index (κ1) is 16.1. The minimum Gasteiger partial charge on any atom is -0.396 e. The molecule has 0 spiro atoms. The molecule has 0 aromatic carbocycles. The molecule has 118 valence electrons. The molecule has 1 amide bonds. The predicted molar refractivity (Wildman–Crippen MR) is 84.7 cm³/mol. The molecule has 0 bridgehead atoms. The van der Waals surface area contributed by atoms with Crippen molar-refractivity contribution in [3.05, 3.63) is 4.88 Å². The third-order valence-corrected chi connectivity index (χ3v) is 5.86. The number of nitrogens with two attached hydrogens (primary N) is 2. The molecular formula is C12H20N4O3S2. The van der Waals surface area contributed by atoms with Crippen LogP contribution >= 0.6 is 11.3 Å². The highest BCUT2D eigenvalue weighted by atomic mass is 32.2. The molecule has 2 heterocycles. The molecule has 5 N–H and O–H groups in total. The Kier molecular flexibility index (Phi) is 4.45. The lowest BCUT2D eigenvalue weighted by atomic mass is 10.3. The van der Waals surface area contributed by atoms with Gasteiger partial charge in [0.2, 0.25) is 0 Å². The Hall–Kier alpha value is -1.32. The Bertz CT molecular complexity index is 654. The first-order valence-electron chi connectivity index (χ1n) is 6.66. The Balaban J connectivity index is 2.53. The third-order valence-electron chi connectivity index (χ3n) is 3.31. The monoisotopic (exact) mass is 332 g/mol. The maximum Gasteiger partial charge on any atom is 0.263 e. The summed E-state index contributed by atoms with van der Waals surface area (Å²) in [5, 5.41) is 3.17. The first-order valence-corrected chi connectivity index (χ1v) is 9.37. The molecule has 1 fully saturated rings. The fourth-order valence-corrected chi connectivity index (χ4v) is 5.02. The van der Waals surface area contributed by atoms with Crippen LogP contribution < -0.4 is 21.7 Å². The summed E-state index contributed by atoms with van der Waals surface area (Å²) in [6.45, 7) is 3.48. The normalized spacial score (nSPS) is 19.0. The van der Waals surface area contributed by atoms with Crippen LogP contribution in [0.3, 0.4) is 0 Å². The summed E-state index contributed by atoms with van der Waals surface area (Å²) in [7, 11) is -3.52. The molecule has 1 aromatic heterocycles. The Morgan fingerprint density at radius 1 is 1.52 bits per heavy atom. The second-order valence-electron chi connectivity index (χ2n) is 5.11. The molecular weight excluding hydrogens is 312 g/mol. The van der Waals surface area contributed by atoms with Crippen LogP contribution in [0, 0.1) is 0 Å². The number of nitrogen functional groups attached to an aromatic ring is 1. The standard InChI is InChI=1S/C12H20N4O3S2/c1-3-15-11(17)9-8(14)10(21(2,18)19)12(20-9)16-5-4-7(13)6-16/h7H,3-6,13-14H2,1-2H3,(H,15,17). The lowest BCUT2D eigenvalue weighted by Gasteiger charge is -2.17. The van der Waals surface area contributed by atoms with Crippen molar-refractivity contribution in [1.82, 2.24) is 5.32 Å². The van der Waals surface area contributed by atoms with Gasteiger partial charge < -0.3 is 21.7 Å². The third kappa shape index (κ3) is 3.14. The van der Waals surface area contributed by atoms with Crippen LogP contribution in [0.15, 0.2) is 4.90 Å². The van der Waals surface area contributed by atoms with E-state index in [1.54, 1.807) is 6.92 Å². The van der Waals surface area contributed by atoms with Gasteiger partial charge in [-0.25, -0.2) is 8.42 Å². The molecule has 7 nitrogen and oxygen atoms in total. The molecule has 1 aliphatic rings. The molecule has 1 unspecified atom stereocenters. The molecule has 0 radical (unpaired) electrons. The van der Waals surface area contributed by atoms with Gasteiger partial charge in [-0.15, -0.1) is 11.3 Å². The quantitative estimate of drug-likeness (QED) is 0.715. The number of anilines is 2. The Morgan fingerprint density at radius 3 is 2.67 bits per heavy atom. The molecule has 0 saturated carbocycles. The summed E-state index contributed by atoms with van der Waals surface area (Å²) < 4.78 is 24.1. The van der Waals surface area contributed by atoms with E-state index in [1.165, 1.54) is 0 Å². The van der Waals surface area contributed by atoms with E-state index in [0.29, 0.717) is 24.6 Å². The Morgan fingerprint density at radius 2 is 2.19 bits per heavy atom. The molecule has 1 aliphatic heterocycles. The van der Waals surface area contributed by atoms with Gasteiger partial charge in [0, 0.05) is 31.9 Å². The second kappa shape index (κ2) is 5.82. The second-order valence-corrected chi connectivity index (χ2v) is 8.06. The van der Waals surface area contributed by atoms with E-state index in [4.69, 9.17) is 11.5 Å². The molecule has 0 aliphatic carbocycles. The highest BCUT2D eigenvalue weighted by Crippen LogP contribution is 2.42. The fourth-order valence-electron chi connectivity index (χ4n) is 2.36. The van der Waals surface area contributed by atoms with Gasteiger partial charge in [-0.05, 0) is 13.3 Å². The molecule has 1 saturated heterocycles. The molecule has 2 rings (SSSR count). The molecule has 1 atom stereocenters. The number of hydrogen-bond donors (Lipinski definition) is 3. The number of carbonyl (C=O) groups is 1. The average molecular weight is 332 g/mol. The van der Waals surface area contributed by atoms with E-state index < -0.39 is 9.84 Å². The van der Waals surface area contributed by atoms with Gasteiger partial charge in [0.15, 0.2) is 9.84 Å². The van der Waals surface area contributed by atoms with E-state index in [2.05, 4.69) is 5.32 Å². The largest absolute Gasteiger partial charge is 0.396 e. The zero-order valence-corrected chi connectivity index (χ0v) is 13.7. The maximum absolute atomic E-state index is 12.0. The van der Waals surface area contributed by atoms with E-state index in [-0.39, 0.29) is 27.4 Å². The minimum atomic E-state index is -3.52. The van der Waals surface area contributed by atoms with Gasteiger partial charge in [0.25, 0.3) is 5.91 Å². The summed E-state index contributed by atoms with van der Waals surface area (Å²) in [4.78, 5) is 14.2. The van der Waals surface area contributed by atoms with Crippen molar-refractivity contribution < 1.29 is 13.2 Å². The van der Waals surface area contributed by atoms with Crippen LogP contribution in [0.25, 0.3) is 0 Å². The van der Waals surface area contributed by atoms with Crippen molar-refractivity contribution in [2.24, 2.45) is 5.73 Å².